The molecule has 0 aliphatic heterocycles. The van der Waals surface area contributed by atoms with E-state index in [9.17, 15) is 9.59 Å². The average Bonchev–Trinajstić information content (AvgIpc) is 2.58. The monoisotopic (exact) mass is 337 g/mol. The number of carbonyl (C=O) groups is 2. The normalized spacial score (nSPS) is 11.8. The Balaban J connectivity index is 2.81. The van der Waals surface area contributed by atoms with E-state index >= 15 is 0 Å². The Morgan fingerprint density at radius 3 is 2.50 bits per heavy atom. The Kier molecular flexibility index (Phi) is 8.05. The molecule has 1 aromatic rings. The van der Waals surface area contributed by atoms with Gasteiger partial charge in [0.1, 0.15) is 0 Å². The number of rotatable bonds is 9. The molecule has 0 radical (unpaired) electrons. The number of hydrogen-bond acceptors (Lipinski definition) is 5. The quantitative estimate of drug-likeness (QED) is 0.622. The average molecular weight is 337 g/mol. The van der Waals surface area contributed by atoms with Gasteiger partial charge in [-0.2, -0.15) is 0 Å². The molecule has 1 rings (SSSR count). The molecular formula is C17H27N3O4. The summed E-state index contributed by atoms with van der Waals surface area (Å²) >= 11 is 0. The summed E-state index contributed by atoms with van der Waals surface area (Å²) < 4.78 is 10.6. The first-order valence-corrected chi connectivity index (χ1v) is 7.93. The Morgan fingerprint density at radius 1 is 1.25 bits per heavy atom. The maximum Gasteiger partial charge on any atom is 0.257 e. The fourth-order valence-electron chi connectivity index (χ4n) is 2.20. The van der Waals surface area contributed by atoms with Gasteiger partial charge in [-0.3, -0.25) is 9.59 Å². The first-order chi connectivity index (χ1) is 11.4. The van der Waals surface area contributed by atoms with Crippen molar-refractivity contribution >= 4 is 11.8 Å². The molecular weight excluding hydrogens is 310 g/mol. The Hall–Kier alpha value is -2.28. The minimum Gasteiger partial charge on any atom is -0.493 e. The molecule has 0 heterocycles. The summed E-state index contributed by atoms with van der Waals surface area (Å²) in [5.74, 6) is 0.754. The van der Waals surface area contributed by atoms with Gasteiger partial charge in [0.05, 0.1) is 7.11 Å². The van der Waals surface area contributed by atoms with E-state index in [1.807, 2.05) is 0 Å². The van der Waals surface area contributed by atoms with Crippen molar-refractivity contribution in [1.29, 1.82) is 0 Å². The molecule has 1 atom stereocenters. The van der Waals surface area contributed by atoms with Crippen molar-refractivity contribution in [2.24, 2.45) is 11.7 Å². The van der Waals surface area contributed by atoms with Crippen molar-refractivity contribution < 1.29 is 19.1 Å². The predicted molar refractivity (Wildman–Crippen MR) is 92.3 cm³/mol. The fraction of sp³-hybridized carbons (Fsp3) is 0.529. The number of carbonyl (C=O) groups excluding carboxylic acids is 2. The summed E-state index contributed by atoms with van der Waals surface area (Å²) in [5, 5.41) is 5.39. The van der Waals surface area contributed by atoms with E-state index < -0.39 is 0 Å². The number of methoxy groups -OCH3 is 1. The van der Waals surface area contributed by atoms with E-state index in [-0.39, 0.29) is 24.5 Å². The van der Waals surface area contributed by atoms with Crippen molar-refractivity contribution in [3.05, 3.63) is 23.8 Å². The van der Waals surface area contributed by atoms with Gasteiger partial charge in [0, 0.05) is 25.2 Å². The van der Waals surface area contributed by atoms with Crippen molar-refractivity contribution in [1.82, 2.24) is 10.6 Å². The molecule has 7 heteroatoms. The summed E-state index contributed by atoms with van der Waals surface area (Å²) in [5.41, 5.74) is 6.16. The van der Waals surface area contributed by atoms with E-state index in [1.165, 1.54) is 14.2 Å². The van der Waals surface area contributed by atoms with Gasteiger partial charge in [-0.25, -0.2) is 0 Å². The maximum absolute atomic E-state index is 12.4. The van der Waals surface area contributed by atoms with E-state index in [4.69, 9.17) is 15.2 Å². The highest BCUT2D eigenvalue weighted by molar-refractivity contribution is 5.95. The highest BCUT2D eigenvalue weighted by Gasteiger charge is 2.16. The van der Waals surface area contributed by atoms with Crippen molar-refractivity contribution in [3.63, 3.8) is 0 Å². The zero-order valence-electron chi connectivity index (χ0n) is 14.7. The lowest BCUT2D eigenvalue weighted by Gasteiger charge is -2.19. The first-order valence-electron chi connectivity index (χ1n) is 7.93. The molecule has 0 aliphatic rings. The highest BCUT2D eigenvalue weighted by atomic mass is 16.5. The molecule has 1 aromatic carbocycles. The van der Waals surface area contributed by atoms with Crippen LogP contribution in [0.5, 0.6) is 11.5 Å². The van der Waals surface area contributed by atoms with Gasteiger partial charge in [0.25, 0.3) is 11.8 Å². The summed E-state index contributed by atoms with van der Waals surface area (Å²) in [6, 6.07) is 4.74. The Morgan fingerprint density at radius 2 is 1.96 bits per heavy atom. The number of nitrogens with one attached hydrogen (secondary N) is 2. The highest BCUT2D eigenvalue weighted by Crippen LogP contribution is 2.28. The Bertz CT molecular complexity index is 561. The van der Waals surface area contributed by atoms with Crippen LogP contribution < -0.4 is 25.8 Å². The number of hydrogen-bond donors (Lipinski definition) is 3. The molecule has 7 nitrogen and oxygen atoms in total. The minimum atomic E-state index is -0.252. The molecule has 2 amide bonds. The van der Waals surface area contributed by atoms with Gasteiger partial charge in [0.2, 0.25) is 0 Å². The second-order valence-electron chi connectivity index (χ2n) is 5.86. The van der Waals surface area contributed by atoms with Gasteiger partial charge < -0.3 is 25.8 Å². The van der Waals surface area contributed by atoms with Gasteiger partial charge in [-0.1, -0.05) is 13.8 Å². The second-order valence-corrected chi connectivity index (χ2v) is 5.86. The molecule has 0 saturated heterocycles. The summed E-state index contributed by atoms with van der Waals surface area (Å²) in [6.45, 7) is 4.42. The number of benzene rings is 1. The number of likely N-dealkylation sites (N-methyl/N-ethyl adjacent to an activating group) is 1. The summed E-state index contributed by atoms with van der Waals surface area (Å²) in [7, 11) is 3.01. The zero-order chi connectivity index (χ0) is 18.1. The van der Waals surface area contributed by atoms with Crippen LogP contribution in [-0.4, -0.2) is 45.2 Å². The van der Waals surface area contributed by atoms with Gasteiger partial charge in [-0.15, -0.1) is 0 Å². The van der Waals surface area contributed by atoms with E-state index in [1.54, 1.807) is 18.2 Å². The van der Waals surface area contributed by atoms with Crippen LogP contribution in [0.2, 0.25) is 0 Å². The lowest BCUT2D eigenvalue weighted by Crippen LogP contribution is -2.41. The number of nitrogens with two attached hydrogens (primary N) is 1. The van der Waals surface area contributed by atoms with Crippen LogP contribution >= 0.6 is 0 Å². The smallest absolute Gasteiger partial charge is 0.257 e. The molecule has 24 heavy (non-hydrogen) atoms. The first kappa shape index (κ1) is 19.8. The van der Waals surface area contributed by atoms with Crippen LogP contribution in [0.1, 0.15) is 30.6 Å². The van der Waals surface area contributed by atoms with Gasteiger partial charge >= 0.3 is 0 Å². The molecule has 0 aromatic heterocycles. The zero-order valence-corrected chi connectivity index (χ0v) is 14.7. The van der Waals surface area contributed by atoms with Crippen LogP contribution in [0.3, 0.4) is 0 Å². The second kappa shape index (κ2) is 9.77. The molecule has 0 aliphatic carbocycles. The lowest BCUT2D eigenvalue weighted by atomic mass is 10.0. The van der Waals surface area contributed by atoms with Gasteiger partial charge in [0.15, 0.2) is 18.1 Å². The maximum atomic E-state index is 12.4. The van der Waals surface area contributed by atoms with Crippen LogP contribution in [0.15, 0.2) is 18.2 Å². The van der Waals surface area contributed by atoms with Crippen LogP contribution in [-0.2, 0) is 4.79 Å². The van der Waals surface area contributed by atoms with Crippen molar-refractivity contribution in [3.8, 4) is 11.5 Å². The van der Waals surface area contributed by atoms with E-state index in [0.29, 0.717) is 29.5 Å². The lowest BCUT2D eigenvalue weighted by molar-refractivity contribution is -0.122. The standard InChI is InChI=1S/C17H27N3O4/c1-11(2)7-13(9-18)20-17(22)12-5-6-14(15(8-12)23-4)24-10-16(21)19-3/h5-6,8,11,13H,7,9-10,18H2,1-4H3,(H,19,21)(H,20,22). The summed E-state index contributed by atoms with van der Waals surface area (Å²) in [6.07, 6.45) is 0.812. The molecule has 0 bridgehead atoms. The third kappa shape index (κ3) is 6.08. The van der Waals surface area contributed by atoms with E-state index in [0.717, 1.165) is 6.42 Å². The molecule has 0 fully saturated rings. The molecule has 1 unspecified atom stereocenters. The minimum absolute atomic E-state index is 0.0762. The van der Waals surface area contributed by atoms with Gasteiger partial charge in [-0.05, 0) is 30.5 Å². The van der Waals surface area contributed by atoms with Crippen molar-refractivity contribution in [2.75, 3.05) is 27.3 Å². The van der Waals surface area contributed by atoms with E-state index in [2.05, 4.69) is 24.5 Å². The molecule has 134 valence electrons. The third-order valence-electron chi connectivity index (χ3n) is 3.44. The van der Waals surface area contributed by atoms with Crippen LogP contribution in [0.4, 0.5) is 0 Å². The van der Waals surface area contributed by atoms with Crippen molar-refractivity contribution in [2.45, 2.75) is 26.3 Å². The fourth-order valence-corrected chi connectivity index (χ4v) is 2.20. The molecule has 0 saturated carbocycles. The molecule has 4 N–H and O–H groups in total. The largest absolute Gasteiger partial charge is 0.493 e. The SMILES string of the molecule is CNC(=O)COc1ccc(C(=O)NC(CN)CC(C)C)cc1OC. The molecule has 0 spiro atoms. The number of amides is 2. The van der Waals surface area contributed by atoms with Crippen LogP contribution in [0.25, 0.3) is 0 Å². The predicted octanol–water partition coefficient (Wildman–Crippen LogP) is 0.923. The number of ether oxygens (including phenoxy) is 2. The third-order valence-corrected chi connectivity index (χ3v) is 3.44. The topological polar surface area (TPSA) is 103 Å². The summed E-state index contributed by atoms with van der Waals surface area (Å²) in [4.78, 5) is 23.6. The Labute approximate surface area is 142 Å². The van der Waals surface area contributed by atoms with Crippen LogP contribution in [0, 0.1) is 5.92 Å².